The molecule has 1 aliphatic rings. The molecule has 5 heteroatoms. The Bertz CT molecular complexity index is 738. The summed E-state index contributed by atoms with van der Waals surface area (Å²) in [6, 6.07) is 13.9. The van der Waals surface area contributed by atoms with Gasteiger partial charge in [0, 0.05) is 13.1 Å². The number of nitrogens with one attached hydrogen (secondary N) is 1. The molecule has 1 aliphatic heterocycles. The van der Waals surface area contributed by atoms with Gasteiger partial charge in [-0.25, -0.2) is 4.39 Å². The molecule has 0 aromatic heterocycles. The Morgan fingerprint density at radius 1 is 1.08 bits per heavy atom. The lowest BCUT2D eigenvalue weighted by Crippen LogP contribution is -2.38. The quantitative estimate of drug-likeness (QED) is 0.923. The molecule has 3 rings (SSSR count). The van der Waals surface area contributed by atoms with E-state index in [1.165, 1.54) is 12.1 Å². The third kappa shape index (κ3) is 3.82. The molecule has 4 nitrogen and oxygen atoms in total. The first-order valence-electron chi connectivity index (χ1n) is 8.48. The maximum absolute atomic E-state index is 13.2. The molecule has 1 fully saturated rings. The van der Waals surface area contributed by atoms with E-state index in [0.717, 1.165) is 30.0 Å². The number of carbonyl (C=O) groups is 1. The van der Waals surface area contributed by atoms with Crippen LogP contribution in [0.5, 0.6) is 0 Å². The van der Waals surface area contributed by atoms with Crippen LogP contribution in [0.2, 0.25) is 0 Å². The minimum Gasteiger partial charge on any atom is -0.378 e. The number of nitrogens with zero attached hydrogens (tertiary/aromatic N) is 1. The summed E-state index contributed by atoms with van der Waals surface area (Å²) in [6.07, 6.45) is 0. The largest absolute Gasteiger partial charge is 0.378 e. The van der Waals surface area contributed by atoms with Crippen LogP contribution < -0.4 is 10.2 Å². The van der Waals surface area contributed by atoms with Crippen LogP contribution >= 0.6 is 0 Å². The number of hydrogen-bond acceptors (Lipinski definition) is 3. The van der Waals surface area contributed by atoms with Gasteiger partial charge in [0.1, 0.15) is 5.82 Å². The zero-order valence-corrected chi connectivity index (χ0v) is 14.6. The molecule has 0 spiro atoms. The number of para-hydroxylation sites is 2. The van der Waals surface area contributed by atoms with Crippen molar-refractivity contribution in [3.8, 4) is 0 Å². The number of anilines is 2. The molecule has 1 heterocycles. The monoisotopic (exact) mass is 342 g/mol. The van der Waals surface area contributed by atoms with Gasteiger partial charge in [-0.1, -0.05) is 24.3 Å². The highest BCUT2D eigenvalue weighted by molar-refractivity contribution is 6.00. The molecule has 0 unspecified atom stereocenters. The van der Waals surface area contributed by atoms with Crippen LogP contribution in [-0.2, 0) is 14.9 Å². The van der Waals surface area contributed by atoms with Gasteiger partial charge in [-0.2, -0.15) is 0 Å². The summed E-state index contributed by atoms with van der Waals surface area (Å²) in [4.78, 5) is 15.1. The number of benzene rings is 2. The molecular formula is C20H23FN2O2. The number of amides is 1. The molecule has 1 amide bonds. The summed E-state index contributed by atoms with van der Waals surface area (Å²) in [5.74, 6) is -0.433. The second kappa shape index (κ2) is 7.23. The van der Waals surface area contributed by atoms with E-state index in [0.29, 0.717) is 13.2 Å². The highest BCUT2D eigenvalue weighted by Crippen LogP contribution is 2.30. The lowest BCUT2D eigenvalue weighted by Gasteiger charge is -2.31. The Labute approximate surface area is 147 Å². The Hall–Kier alpha value is -2.40. The molecule has 132 valence electrons. The summed E-state index contributed by atoms with van der Waals surface area (Å²) in [6.45, 7) is 6.65. The predicted molar refractivity (Wildman–Crippen MR) is 97.5 cm³/mol. The van der Waals surface area contributed by atoms with Crippen LogP contribution in [0.3, 0.4) is 0 Å². The van der Waals surface area contributed by atoms with Crippen LogP contribution in [0.25, 0.3) is 0 Å². The second-order valence-corrected chi connectivity index (χ2v) is 6.70. The van der Waals surface area contributed by atoms with Gasteiger partial charge in [-0.05, 0) is 43.7 Å². The SMILES string of the molecule is CC(C)(C(=O)Nc1ccccc1N1CCOCC1)c1ccc(F)cc1. The molecule has 2 aromatic rings. The van der Waals surface area contributed by atoms with Gasteiger partial charge in [-0.15, -0.1) is 0 Å². The maximum Gasteiger partial charge on any atom is 0.234 e. The molecule has 2 aromatic carbocycles. The molecule has 0 saturated carbocycles. The number of carbonyl (C=O) groups excluding carboxylic acids is 1. The van der Waals surface area contributed by atoms with Crippen molar-refractivity contribution >= 4 is 17.3 Å². The fourth-order valence-electron chi connectivity index (χ4n) is 2.94. The van der Waals surface area contributed by atoms with Crippen molar-refractivity contribution in [3.63, 3.8) is 0 Å². The number of rotatable bonds is 4. The van der Waals surface area contributed by atoms with E-state index in [-0.39, 0.29) is 11.7 Å². The Morgan fingerprint density at radius 2 is 1.72 bits per heavy atom. The first-order chi connectivity index (χ1) is 12.0. The van der Waals surface area contributed by atoms with Crippen molar-refractivity contribution in [3.05, 3.63) is 59.9 Å². The lowest BCUT2D eigenvalue weighted by atomic mass is 9.83. The van der Waals surface area contributed by atoms with E-state index in [1.54, 1.807) is 12.1 Å². The number of ether oxygens (including phenoxy) is 1. The smallest absolute Gasteiger partial charge is 0.234 e. The topological polar surface area (TPSA) is 41.6 Å². The van der Waals surface area contributed by atoms with Crippen LogP contribution in [0.15, 0.2) is 48.5 Å². The van der Waals surface area contributed by atoms with E-state index in [4.69, 9.17) is 4.74 Å². The van der Waals surface area contributed by atoms with Crippen molar-refractivity contribution in [2.45, 2.75) is 19.3 Å². The number of morpholine rings is 1. The van der Waals surface area contributed by atoms with Crippen molar-refractivity contribution in [2.24, 2.45) is 0 Å². The summed E-state index contributed by atoms with van der Waals surface area (Å²) in [5.41, 5.74) is 1.78. The van der Waals surface area contributed by atoms with E-state index in [1.807, 2.05) is 38.1 Å². The zero-order valence-electron chi connectivity index (χ0n) is 14.6. The maximum atomic E-state index is 13.2. The fraction of sp³-hybridized carbons (Fsp3) is 0.350. The van der Waals surface area contributed by atoms with Crippen LogP contribution in [-0.4, -0.2) is 32.2 Å². The van der Waals surface area contributed by atoms with Gasteiger partial charge in [0.15, 0.2) is 0 Å². The molecule has 1 saturated heterocycles. The first-order valence-corrected chi connectivity index (χ1v) is 8.48. The van der Waals surface area contributed by atoms with E-state index in [2.05, 4.69) is 10.2 Å². The van der Waals surface area contributed by atoms with Crippen molar-refractivity contribution < 1.29 is 13.9 Å². The zero-order chi connectivity index (χ0) is 17.9. The normalized spacial score (nSPS) is 15.1. The highest BCUT2D eigenvalue weighted by Gasteiger charge is 2.30. The molecule has 0 radical (unpaired) electrons. The van der Waals surface area contributed by atoms with Crippen molar-refractivity contribution in [2.75, 3.05) is 36.5 Å². The van der Waals surface area contributed by atoms with Crippen molar-refractivity contribution in [1.29, 1.82) is 0 Å². The van der Waals surface area contributed by atoms with Gasteiger partial charge in [0.2, 0.25) is 5.91 Å². The molecule has 25 heavy (non-hydrogen) atoms. The van der Waals surface area contributed by atoms with Gasteiger partial charge in [-0.3, -0.25) is 4.79 Å². The average Bonchev–Trinajstić information content (AvgIpc) is 2.63. The number of hydrogen-bond donors (Lipinski definition) is 1. The third-order valence-electron chi connectivity index (χ3n) is 4.64. The standard InChI is InChI=1S/C20H23FN2O2/c1-20(2,15-7-9-16(21)10-8-15)19(24)22-17-5-3-4-6-18(17)23-11-13-25-14-12-23/h3-10H,11-14H2,1-2H3,(H,22,24). The van der Waals surface area contributed by atoms with E-state index in [9.17, 15) is 9.18 Å². The Balaban J connectivity index is 1.82. The second-order valence-electron chi connectivity index (χ2n) is 6.70. The molecule has 0 aliphatic carbocycles. The lowest BCUT2D eigenvalue weighted by molar-refractivity contribution is -0.120. The highest BCUT2D eigenvalue weighted by atomic mass is 19.1. The molecule has 0 atom stereocenters. The van der Waals surface area contributed by atoms with Crippen molar-refractivity contribution in [1.82, 2.24) is 0 Å². The van der Waals surface area contributed by atoms with Gasteiger partial charge in [0.05, 0.1) is 30.0 Å². The van der Waals surface area contributed by atoms with Crippen LogP contribution in [0.4, 0.5) is 15.8 Å². The van der Waals surface area contributed by atoms with Crippen LogP contribution in [0, 0.1) is 5.82 Å². The molecular weight excluding hydrogens is 319 g/mol. The van der Waals surface area contributed by atoms with Gasteiger partial charge in [0.25, 0.3) is 0 Å². The van der Waals surface area contributed by atoms with Gasteiger partial charge < -0.3 is 15.0 Å². The minimum absolute atomic E-state index is 0.125. The van der Waals surface area contributed by atoms with E-state index >= 15 is 0 Å². The van der Waals surface area contributed by atoms with E-state index < -0.39 is 5.41 Å². The summed E-state index contributed by atoms with van der Waals surface area (Å²) in [7, 11) is 0. The summed E-state index contributed by atoms with van der Waals surface area (Å²) < 4.78 is 18.6. The Kier molecular flexibility index (Phi) is 5.04. The number of halogens is 1. The van der Waals surface area contributed by atoms with Gasteiger partial charge >= 0.3 is 0 Å². The first kappa shape index (κ1) is 17.4. The minimum atomic E-state index is -0.772. The predicted octanol–water partition coefficient (Wildman–Crippen LogP) is 3.58. The van der Waals surface area contributed by atoms with Crippen LogP contribution in [0.1, 0.15) is 19.4 Å². The molecule has 1 N–H and O–H groups in total. The fourth-order valence-corrected chi connectivity index (χ4v) is 2.94. The molecule has 0 bridgehead atoms. The Morgan fingerprint density at radius 3 is 2.40 bits per heavy atom. The third-order valence-corrected chi connectivity index (χ3v) is 4.64. The summed E-state index contributed by atoms with van der Waals surface area (Å²) in [5, 5.41) is 3.05. The average molecular weight is 342 g/mol. The summed E-state index contributed by atoms with van der Waals surface area (Å²) >= 11 is 0.